The zero-order valence-electron chi connectivity index (χ0n) is 17.1. The molecule has 1 fully saturated rings. The largest absolute Gasteiger partial charge is 0.487 e. The van der Waals surface area contributed by atoms with Gasteiger partial charge in [-0.3, -0.25) is 9.59 Å². The van der Waals surface area contributed by atoms with E-state index in [-0.39, 0.29) is 36.5 Å². The molecule has 6 heteroatoms. The van der Waals surface area contributed by atoms with Gasteiger partial charge in [0.1, 0.15) is 0 Å². The number of pyridine rings is 1. The molecule has 0 unspecified atom stereocenters. The second kappa shape index (κ2) is 8.66. The smallest absolute Gasteiger partial charge is 0.290 e. The molecule has 0 saturated carbocycles. The van der Waals surface area contributed by atoms with Gasteiger partial charge in [-0.05, 0) is 31.0 Å². The Morgan fingerprint density at radius 2 is 1.93 bits per heavy atom. The third kappa shape index (κ3) is 5.35. The first-order chi connectivity index (χ1) is 13.8. The molecule has 1 atom stereocenters. The highest BCUT2D eigenvalue weighted by Crippen LogP contribution is 2.25. The lowest BCUT2D eigenvalue weighted by molar-refractivity contribution is -0.119. The van der Waals surface area contributed by atoms with Crippen LogP contribution in [0.2, 0.25) is 0 Å². The minimum Gasteiger partial charge on any atom is -0.487 e. The number of hydrogen-bond acceptors (Lipinski definition) is 4. The Kier molecular flexibility index (Phi) is 6.23. The molecule has 0 bridgehead atoms. The zero-order valence-corrected chi connectivity index (χ0v) is 17.1. The van der Waals surface area contributed by atoms with Crippen molar-refractivity contribution in [3.05, 3.63) is 69.6 Å². The zero-order chi connectivity index (χ0) is 21.0. The van der Waals surface area contributed by atoms with Gasteiger partial charge in [-0.25, -0.2) is 0 Å². The second-order valence-electron chi connectivity index (χ2n) is 8.34. The summed E-state index contributed by atoms with van der Waals surface area (Å²) in [5.74, 6) is 0.256. The topological polar surface area (TPSA) is 91.4 Å². The molecule has 1 aromatic carbocycles. The van der Waals surface area contributed by atoms with Crippen LogP contribution in [0.1, 0.15) is 43.5 Å². The fourth-order valence-electron chi connectivity index (χ4n) is 3.09. The monoisotopic (exact) mass is 396 g/mol. The predicted molar refractivity (Wildman–Crippen MR) is 113 cm³/mol. The van der Waals surface area contributed by atoms with Crippen LogP contribution in [0.25, 0.3) is 5.57 Å². The SMILES string of the molecule is Cc1ccc(/C(=C\[C@H]2CCC(=O)N2)c2ccc(OCC(C)(C)CO)c(=O)[nH]2)cc1. The Morgan fingerprint density at radius 1 is 1.21 bits per heavy atom. The Balaban J connectivity index is 1.92. The normalized spacial score (nSPS) is 17.3. The molecular weight excluding hydrogens is 368 g/mol. The number of amides is 1. The molecule has 2 aromatic rings. The molecule has 0 aliphatic carbocycles. The van der Waals surface area contributed by atoms with E-state index in [1.54, 1.807) is 6.07 Å². The number of carbonyl (C=O) groups excluding carboxylic acids is 1. The standard InChI is InChI=1S/C23H28N2O4/c1-15-4-6-16(7-5-15)18(12-17-8-11-21(27)24-17)19-9-10-20(22(28)25-19)29-14-23(2,3)13-26/h4-7,9-10,12,17,26H,8,11,13-14H2,1-3H3,(H,24,27)(H,25,28)/b18-12+/t17-/m1/s1. The van der Waals surface area contributed by atoms with Crippen molar-refractivity contribution in [2.75, 3.05) is 13.2 Å². The van der Waals surface area contributed by atoms with Gasteiger partial charge < -0.3 is 20.1 Å². The van der Waals surface area contributed by atoms with Crippen molar-refractivity contribution in [1.29, 1.82) is 0 Å². The molecule has 1 aliphatic rings. The minimum atomic E-state index is -0.432. The summed E-state index contributed by atoms with van der Waals surface area (Å²) < 4.78 is 5.62. The predicted octanol–water partition coefficient (Wildman–Crippen LogP) is 2.79. The third-order valence-electron chi connectivity index (χ3n) is 4.97. The molecule has 29 heavy (non-hydrogen) atoms. The first-order valence-corrected chi connectivity index (χ1v) is 9.83. The van der Waals surface area contributed by atoms with Gasteiger partial charge in [0.2, 0.25) is 5.91 Å². The number of nitrogens with one attached hydrogen (secondary N) is 2. The molecule has 1 amide bonds. The van der Waals surface area contributed by atoms with E-state index in [9.17, 15) is 14.7 Å². The van der Waals surface area contributed by atoms with Crippen LogP contribution in [0.15, 0.2) is 47.3 Å². The summed E-state index contributed by atoms with van der Waals surface area (Å²) in [6.45, 7) is 5.96. The molecule has 0 spiro atoms. The Labute approximate surface area is 170 Å². The number of hydrogen-bond donors (Lipinski definition) is 3. The van der Waals surface area contributed by atoms with E-state index in [1.165, 1.54) is 0 Å². The number of aromatic amines is 1. The second-order valence-corrected chi connectivity index (χ2v) is 8.34. The summed E-state index contributed by atoms with van der Waals surface area (Å²) in [6, 6.07) is 11.4. The Morgan fingerprint density at radius 3 is 2.52 bits per heavy atom. The summed E-state index contributed by atoms with van der Waals surface area (Å²) in [6.07, 6.45) is 3.23. The highest BCUT2D eigenvalue weighted by Gasteiger charge is 2.21. The van der Waals surface area contributed by atoms with E-state index in [0.29, 0.717) is 12.1 Å². The number of aryl methyl sites for hydroxylation is 1. The Bertz CT molecular complexity index is 958. The van der Waals surface area contributed by atoms with E-state index < -0.39 is 5.41 Å². The minimum absolute atomic E-state index is 0.0313. The highest BCUT2D eigenvalue weighted by atomic mass is 16.5. The molecule has 1 aromatic heterocycles. The van der Waals surface area contributed by atoms with Crippen LogP contribution in [0, 0.1) is 12.3 Å². The van der Waals surface area contributed by atoms with Crippen molar-refractivity contribution in [3.63, 3.8) is 0 Å². The lowest BCUT2D eigenvalue weighted by Crippen LogP contribution is -2.27. The van der Waals surface area contributed by atoms with E-state index in [1.807, 2.05) is 57.2 Å². The molecule has 3 rings (SSSR count). The van der Waals surface area contributed by atoms with Gasteiger partial charge in [-0.1, -0.05) is 49.8 Å². The fraction of sp³-hybridized carbons (Fsp3) is 0.391. The number of aliphatic hydroxyl groups is 1. The Hall–Kier alpha value is -2.86. The number of aliphatic hydroxyl groups excluding tert-OH is 1. The molecule has 1 aliphatic heterocycles. The molecule has 0 radical (unpaired) electrons. The van der Waals surface area contributed by atoms with Crippen molar-refractivity contribution in [3.8, 4) is 5.75 Å². The lowest BCUT2D eigenvalue weighted by Gasteiger charge is -2.21. The van der Waals surface area contributed by atoms with Crippen LogP contribution in [0.3, 0.4) is 0 Å². The van der Waals surface area contributed by atoms with Crippen LogP contribution < -0.4 is 15.6 Å². The first kappa shape index (κ1) is 20.9. The molecular formula is C23H28N2O4. The van der Waals surface area contributed by atoms with Crippen LogP contribution in [0.5, 0.6) is 5.75 Å². The number of rotatable bonds is 7. The summed E-state index contributed by atoms with van der Waals surface area (Å²) in [4.78, 5) is 27.1. The number of benzene rings is 1. The average molecular weight is 396 g/mol. The summed E-state index contributed by atoms with van der Waals surface area (Å²) in [5, 5.41) is 12.3. The van der Waals surface area contributed by atoms with Gasteiger partial charge in [-0.15, -0.1) is 0 Å². The van der Waals surface area contributed by atoms with Crippen LogP contribution >= 0.6 is 0 Å². The quantitative estimate of drug-likeness (QED) is 0.671. The van der Waals surface area contributed by atoms with Crippen LogP contribution in [0.4, 0.5) is 0 Å². The van der Waals surface area contributed by atoms with E-state index >= 15 is 0 Å². The van der Waals surface area contributed by atoms with Gasteiger partial charge >= 0.3 is 0 Å². The van der Waals surface area contributed by atoms with Crippen molar-refractivity contribution in [2.24, 2.45) is 5.41 Å². The molecule has 6 nitrogen and oxygen atoms in total. The molecule has 1 saturated heterocycles. The van der Waals surface area contributed by atoms with Gasteiger partial charge in [-0.2, -0.15) is 0 Å². The van der Waals surface area contributed by atoms with E-state index in [4.69, 9.17) is 4.74 Å². The maximum atomic E-state index is 12.6. The van der Waals surface area contributed by atoms with Crippen LogP contribution in [-0.2, 0) is 4.79 Å². The van der Waals surface area contributed by atoms with Gasteiger partial charge in [0.25, 0.3) is 5.56 Å². The summed E-state index contributed by atoms with van der Waals surface area (Å²) in [7, 11) is 0. The number of H-pyrrole nitrogens is 1. The van der Waals surface area contributed by atoms with Gasteiger partial charge in [0.05, 0.1) is 13.2 Å². The lowest BCUT2D eigenvalue weighted by atomic mass is 9.96. The van der Waals surface area contributed by atoms with Crippen molar-refractivity contribution < 1.29 is 14.6 Å². The van der Waals surface area contributed by atoms with E-state index in [0.717, 1.165) is 23.1 Å². The molecule has 154 valence electrons. The van der Waals surface area contributed by atoms with Crippen molar-refractivity contribution >= 4 is 11.5 Å². The number of carbonyl (C=O) groups is 1. The third-order valence-corrected chi connectivity index (χ3v) is 4.97. The van der Waals surface area contributed by atoms with Crippen LogP contribution in [-0.4, -0.2) is 35.3 Å². The summed E-state index contributed by atoms with van der Waals surface area (Å²) >= 11 is 0. The molecule has 3 N–H and O–H groups in total. The van der Waals surface area contributed by atoms with Gasteiger partial charge in [0.15, 0.2) is 5.75 Å². The van der Waals surface area contributed by atoms with E-state index in [2.05, 4.69) is 10.3 Å². The van der Waals surface area contributed by atoms with Crippen molar-refractivity contribution in [1.82, 2.24) is 10.3 Å². The molecule has 2 heterocycles. The number of aromatic nitrogens is 1. The maximum Gasteiger partial charge on any atom is 0.290 e. The fourth-order valence-corrected chi connectivity index (χ4v) is 3.09. The summed E-state index contributed by atoms with van der Waals surface area (Å²) in [5.41, 5.74) is 2.86. The number of ether oxygens (including phenoxy) is 1. The average Bonchev–Trinajstić information content (AvgIpc) is 3.11. The highest BCUT2D eigenvalue weighted by molar-refractivity contribution is 5.82. The van der Waals surface area contributed by atoms with Crippen molar-refractivity contribution in [2.45, 2.75) is 39.7 Å². The van der Waals surface area contributed by atoms with Gasteiger partial charge in [0, 0.05) is 29.1 Å². The first-order valence-electron chi connectivity index (χ1n) is 9.83. The maximum absolute atomic E-state index is 12.6.